The molecular formula is C14H22Cl2N2O4S. The number of carbonyl (C=O) groups is 1. The number of benzene rings is 1. The molecule has 0 spiro atoms. The summed E-state index contributed by atoms with van der Waals surface area (Å²) in [6.07, 6.45) is 1.24. The minimum absolute atomic E-state index is 0. The first kappa shape index (κ1) is 22.1. The molecule has 0 bridgehead atoms. The topological polar surface area (TPSA) is 98.5 Å². The fraction of sp³-hybridized carbons (Fsp3) is 0.500. The molecule has 1 rings (SSSR count). The highest BCUT2D eigenvalue weighted by Gasteiger charge is 2.27. The van der Waals surface area contributed by atoms with Gasteiger partial charge in [0, 0.05) is 17.1 Å². The average Bonchev–Trinajstić information content (AvgIpc) is 2.51. The number of rotatable bonds is 7. The van der Waals surface area contributed by atoms with E-state index in [0.717, 1.165) is 0 Å². The van der Waals surface area contributed by atoms with Crippen molar-refractivity contribution in [2.75, 3.05) is 13.7 Å². The summed E-state index contributed by atoms with van der Waals surface area (Å²) in [5, 5.41) is 0.245. The second kappa shape index (κ2) is 8.84. The van der Waals surface area contributed by atoms with Crippen LogP contribution in [-0.2, 0) is 14.8 Å². The summed E-state index contributed by atoms with van der Waals surface area (Å²) in [6, 6.07) is 3.93. The fourth-order valence-corrected chi connectivity index (χ4v) is 3.31. The monoisotopic (exact) mass is 384 g/mol. The van der Waals surface area contributed by atoms with Crippen molar-refractivity contribution in [2.45, 2.75) is 37.1 Å². The van der Waals surface area contributed by atoms with Gasteiger partial charge in [-0.3, -0.25) is 0 Å². The van der Waals surface area contributed by atoms with Crippen LogP contribution in [0.2, 0.25) is 5.02 Å². The standard InChI is InChI=1S/C14H21ClN2O4S.ClH/c1-4-14(16,5-2)9-17-22(19,20)12-7-6-10(15)8-11(12)13(18)21-3;/h6-8,17H,4-5,9,16H2,1-3H3;1H. The summed E-state index contributed by atoms with van der Waals surface area (Å²) in [4.78, 5) is 11.6. The molecule has 3 N–H and O–H groups in total. The molecule has 0 saturated heterocycles. The lowest BCUT2D eigenvalue weighted by Crippen LogP contribution is -2.49. The van der Waals surface area contributed by atoms with E-state index in [2.05, 4.69) is 9.46 Å². The Morgan fingerprint density at radius 3 is 2.39 bits per heavy atom. The van der Waals surface area contributed by atoms with Gasteiger partial charge in [0.25, 0.3) is 0 Å². The van der Waals surface area contributed by atoms with Gasteiger partial charge in [0.1, 0.15) is 0 Å². The normalized spacial score (nSPS) is 11.7. The number of nitrogens with one attached hydrogen (secondary N) is 1. The van der Waals surface area contributed by atoms with Crippen molar-refractivity contribution in [1.29, 1.82) is 0 Å². The Morgan fingerprint density at radius 2 is 1.91 bits per heavy atom. The summed E-state index contributed by atoms with van der Waals surface area (Å²) in [6.45, 7) is 3.85. The molecule has 0 heterocycles. The van der Waals surface area contributed by atoms with Crippen LogP contribution in [0.25, 0.3) is 0 Å². The molecule has 0 fully saturated rings. The van der Waals surface area contributed by atoms with Crippen LogP contribution in [0, 0.1) is 0 Å². The molecule has 0 radical (unpaired) electrons. The van der Waals surface area contributed by atoms with E-state index in [1.165, 1.54) is 25.3 Å². The van der Waals surface area contributed by atoms with Crippen molar-refractivity contribution in [3.63, 3.8) is 0 Å². The average molecular weight is 385 g/mol. The highest BCUT2D eigenvalue weighted by atomic mass is 35.5. The van der Waals surface area contributed by atoms with Crippen molar-refractivity contribution < 1.29 is 17.9 Å². The third-order valence-corrected chi connectivity index (χ3v) is 5.35. The van der Waals surface area contributed by atoms with Crippen LogP contribution in [0.15, 0.2) is 23.1 Å². The molecule has 1 aromatic rings. The maximum atomic E-state index is 12.4. The summed E-state index contributed by atoms with van der Waals surface area (Å²) in [5.74, 6) is -0.770. The van der Waals surface area contributed by atoms with Gasteiger partial charge in [0.05, 0.1) is 17.6 Å². The number of hydrogen-bond donors (Lipinski definition) is 2. The summed E-state index contributed by atoms with van der Waals surface area (Å²) in [7, 11) is -2.73. The zero-order valence-electron chi connectivity index (χ0n) is 13.3. The lowest BCUT2D eigenvalue weighted by Gasteiger charge is -2.26. The van der Waals surface area contributed by atoms with E-state index in [1.807, 2.05) is 13.8 Å². The van der Waals surface area contributed by atoms with Gasteiger partial charge in [-0.25, -0.2) is 17.9 Å². The predicted molar refractivity (Wildman–Crippen MR) is 92.7 cm³/mol. The summed E-state index contributed by atoms with van der Waals surface area (Å²) < 4.78 is 31.9. The Hall–Kier alpha value is -0.860. The van der Waals surface area contributed by atoms with Crippen LogP contribution in [0.1, 0.15) is 37.0 Å². The molecule has 6 nitrogen and oxygen atoms in total. The highest BCUT2D eigenvalue weighted by molar-refractivity contribution is 7.89. The number of methoxy groups -OCH3 is 1. The zero-order valence-corrected chi connectivity index (χ0v) is 15.6. The minimum Gasteiger partial charge on any atom is -0.465 e. The van der Waals surface area contributed by atoms with Gasteiger partial charge in [-0.05, 0) is 31.0 Å². The van der Waals surface area contributed by atoms with Crippen molar-refractivity contribution in [1.82, 2.24) is 4.72 Å². The maximum absolute atomic E-state index is 12.4. The molecule has 0 aliphatic heterocycles. The SMILES string of the molecule is CCC(N)(CC)CNS(=O)(=O)c1ccc(Cl)cc1C(=O)OC.Cl. The Balaban J connectivity index is 0.00000484. The summed E-state index contributed by atoms with van der Waals surface area (Å²) in [5.41, 5.74) is 5.34. The quantitative estimate of drug-likeness (QED) is 0.702. The molecule has 9 heteroatoms. The van der Waals surface area contributed by atoms with E-state index >= 15 is 0 Å². The van der Waals surface area contributed by atoms with Crippen molar-refractivity contribution in [2.24, 2.45) is 5.73 Å². The first-order valence-corrected chi connectivity index (χ1v) is 8.71. The van der Waals surface area contributed by atoms with E-state index in [9.17, 15) is 13.2 Å². The molecule has 0 unspecified atom stereocenters. The lowest BCUT2D eigenvalue weighted by molar-refractivity contribution is 0.0596. The van der Waals surface area contributed by atoms with Crippen LogP contribution in [-0.4, -0.2) is 33.6 Å². The molecule has 0 amide bonds. The van der Waals surface area contributed by atoms with Crippen LogP contribution >= 0.6 is 24.0 Å². The third-order valence-electron chi connectivity index (χ3n) is 3.66. The van der Waals surface area contributed by atoms with Crippen molar-refractivity contribution in [3.05, 3.63) is 28.8 Å². The Labute approximate surface area is 148 Å². The highest BCUT2D eigenvalue weighted by Crippen LogP contribution is 2.22. The lowest BCUT2D eigenvalue weighted by atomic mass is 9.95. The number of halogens is 2. The van der Waals surface area contributed by atoms with Gasteiger partial charge >= 0.3 is 5.97 Å². The van der Waals surface area contributed by atoms with Gasteiger partial charge in [-0.1, -0.05) is 25.4 Å². The first-order chi connectivity index (χ1) is 10.2. The molecule has 132 valence electrons. The zero-order chi connectivity index (χ0) is 17.0. The molecule has 0 saturated carbocycles. The molecule has 0 aliphatic carbocycles. The molecule has 1 aromatic carbocycles. The van der Waals surface area contributed by atoms with E-state index in [0.29, 0.717) is 12.8 Å². The van der Waals surface area contributed by atoms with E-state index in [4.69, 9.17) is 17.3 Å². The maximum Gasteiger partial charge on any atom is 0.339 e. The largest absolute Gasteiger partial charge is 0.465 e. The molecular weight excluding hydrogens is 363 g/mol. The number of sulfonamides is 1. The van der Waals surface area contributed by atoms with E-state index in [-0.39, 0.29) is 34.4 Å². The third kappa shape index (κ3) is 5.61. The molecule has 0 atom stereocenters. The molecule has 0 aliphatic rings. The van der Waals surface area contributed by atoms with Crippen molar-refractivity contribution in [3.8, 4) is 0 Å². The minimum atomic E-state index is -3.91. The predicted octanol–water partition coefficient (Wildman–Crippen LogP) is 2.34. The van der Waals surface area contributed by atoms with Crippen LogP contribution in [0.3, 0.4) is 0 Å². The van der Waals surface area contributed by atoms with E-state index < -0.39 is 21.5 Å². The van der Waals surface area contributed by atoms with Gasteiger partial charge < -0.3 is 10.5 Å². The number of carbonyl (C=O) groups excluding carboxylic acids is 1. The number of esters is 1. The first-order valence-electron chi connectivity index (χ1n) is 6.85. The smallest absolute Gasteiger partial charge is 0.339 e. The van der Waals surface area contributed by atoms with Crippen LogP contribution in [0.4, 0.5) is 0 Å². The van der Waals surface area contributed by atoms with Gasteiger partial charge in [0.15, 0.2) is 0 Å². The Morgan fingerprint density at radius 1 is 1.35 bits per heavy atom. The number of ether oxygens (including phenoxy) is 1. The molecule has 23 heavy (non-hydrogen) atoms. The van der Waals surface area contributed by atoms with Crippen molar-refractivity contribution >= 4 is 40.0 Å². The van der Waals surface area contributed by atoms with E-state index in [1.54, 1.807) is 0 Å². The summed E-state index contributed by atoms with van der Waals surface area (Å²) >= 11 is 5.82. The Kier molecular flexibility index (Phi) is 8.51. The Bertz CT molecular complexity index is 646. The number of nitrogens with two attached hydrogens (primary N) is 1. The van der Waals surface area contributed by atoms with Crippen LogP contribution in [0.5, 0.6) is 0 Å². The second-order valence-electron chi connectivity index (χ2n) is 5.03. The number of hydrogen-bond acceptors (Lipinski definition) is 5. The fourth-order valence-electron chi connectivity index (χ4n) is 1.82. The van der Waals surface area contributed by atoms with Crippen LogP contribution < -0.4 is 10.5 Å². The van der Waals surface area contributed by atoms with Gasteiger partial charge in [0.2, 0.25) is 10.0 Å². The second-order valence-corrected chi connectivity index (χ2v) is 7.20. The van der Waals surface area contributed by atoms with Gasteiger partial charge in [-0.2, -0.15) is 0 Å². The molecule has 0 aromatic heterocycles. The van der Waals surface area contributed by atoms with Gasteiger partial charge in [-0.15, -0.1) is 12.4 Å².